The molecule has 0 aliphatic carbocycles. The number of phenolic OH excluding ortho intramolecular Hbond substituents is 1. The summed E-state index contributed by atoms with van der Waals surface area (Å²) in [6.07, 6.45) is 1.82. The van der Waals surface area contributed by atoms with Gasteiger partial charge in [-0.05, 0) is 49.6 Å². The van der Waals surface area contributed by atoms with Crippen LogP contribution in [0.4, 0.5) is 0 Å². The van der Waals surface area contributed by atoms with Gasteiger partial charge in [-0.2, -0.15) is 0 Å². The summed E-state index contributed by atoms with van der Waals surface area (Å²) in [6, 6.07) is 14.2. The van der Waals surface area contributed by atoms with Crippen LogP contribution in [0.5, 0.6) is 5.75 Å². The van der Waals surface area contributed by atoms with Gasteiger partial charge in [-0.3, -0.25) is 14.5 Å². The minimum Gasteiger partial charge on any atom is -0.508 e. The first-order chi connectivity index (χ1) is 12.5. The zero-order valence-corrected chi connectivity index (χ0v) is 14.9. The van der Waals surface area contributed by atoms with Crippen molar-refractivity contribution in [3.05, 3.63) is 65.2 Å². The molecule has 1 aliphatic heterocycles. The van der Waals surface area contributed by atoms with E-state index in [1.54, 1.807) is 36.4 Å². The standard InChI is InChI=1S/C21H24N2O3/c1-15(24)17-4-6-18(7-5-17)21(26)22-19-10-12-23(13-11-19)14-16-2-8-20(25)9-3-16/h2-9,19,25H,10-14H2,1H3,(H,22,26). The fourth-order valence-corrected chi connectivity index (χ4v) is 3.22. The molecular formula is C21H24N2O3. The molecule has 5 heteroatoms. The summed E-state index contributed by atoms with van der Waals surface area (Å²) in [6.45, 7) is 4.22. The Bertz CT molecular complexity index is 761. The van der Waals surface area contributed by atoms with Crippen molar-refractivity contribution >= 4 is 11.7 Å². The van der Waals surface area contributed by atoms with Gasteiger partial charge >= 0.3 is 0 Å². The first-order valence-electron chi connectivity index (χ1n) is 8.93. The van der Waals surface area contributed by atoms with Gasteiger partial charge in [-0.1, -0.05) is 24.3 Å². The monoisotopic (exact) mass is 352 g/mol. The molecule has 0 unspecified atom stereocenters. The van der Waals surface area contributed by atoms with E-state index in [0.717, 1.165) is 32.5 Å². The molecule has 1 heterocycles. The van der Waals surface area contributed by atoms with Crippen molar-refractivity contribution < 1.29 is 14.7 Å². The summed E-state index contributed by atoms with van der Waals surface area (Å²) in [7, 11) is 0. The van der Waals surface area contributed by atoms with Gasteiger partial charge in [0, 0.05) is 36.8 Å². The summed E-state index contributed by atoms with van der Waals surface area (Å²) in [5, 5.41) is 12.4. The highest BCUT2D eigenvalue weighted by Gasteiger charge is 2.21. The number of benzene rings is 2. The number of piperidine rings is 1. The van der Waals surface area contributed by atoms with Crippen molar-refractivity contribution in [2.75, 3.05) is 13.1 Å². The molecule has 0 aromatic heterocycles. The molecule has 2 N–H and O–H groups in total. The van der Waals surface area contributed by atoms with Crippen molar-refractivity contribution in [3.63, 3.8) is 0 Å². The largest absolute Gasteiger partial charge is 0.508 e. The van der Waals surface area contributed by atoms with Gasteiger partial charge in [-0.25, -0.2) is 0 Å². The number of ketones is 1. The molecule has 0 saturated carbocycles. The highest BCUT2D eigenvalue weighted by molar-refractivity contribution is 5.97. The molecule has 2 aromatic rings. The highest BCUT2D eigenvalue weighted by Crippen LogP contribution is 2.16. The van der Waals surface area contributed by atoms with Crippen LogP contribution in [-0.4, -0.2) is 40.8 Å². The molecule has 0 spiro atoms. The number of rotatable bonds is 5. The fraction of sp³-hybridized carbons (Fsp3) is 0.333. The minimum absolute atomic E-state index is 0.00189. The molecule has 1 fully saturated rings. The zero-order valence-electron chi connectivity index (χ0n) is 14.9. The third-order valence-electron chi connectivity index (χ3n) is 4.82. The molecular weight excluding hydrogens is 328 g/mol. The Morgan fingerprint density at radius 2 is 1.58 bits per heavy atom. The maximum absolute atomic E-state index is 12.4. The van der Waals surface area contributed by atoms with Gasteiger partial charge in [0.15, 0.2) is 5.78 Å². The average molecular weight is 352 g/mol. The van der Waals surface area contributed by atoms with Gasteiger partial charge in [0.25, 0.3) is 5.91 Å². The Labute approximate surface area is 153 Å². The Hall–Kier alpha value is -2.66. The number of carbonyl (C=O) groups excluding carboxylic acids is 2. The number of amides is 1. The number of aromatic hydroxyl groups is 1. The number of hydrogen-bond donors (Lipinski definition) is 2. The number of likely N-dealkylation sites (tertiary alicyclic amines) is 1. The smallest absolute Gasteiger partial charge is 0.251 e. The molecule has 3 rings (SSSR count). The maximum atomic E-state index is 12.4. The Kier molecular flexibility index (Phi) is 5.68. The van der Waals surface area contributed by atoms with Gasteiger partial charge in [-0.15, -0.1) is 0 Å². The third kappa shape index (κ3) is 4.70. The lowest BCUT2D eigenvalue weighted by Gasteiger charge is -2.32. The van der Waals surface area contributed by atoms with Crippen molar-refractivity contribution in [3.8, 4) is 5.75 Å². The van der Waals surface area contributed by atoms with Crippen molar-refractivity contribution in [1.82, 2.24) is 10.2 Å². The molecule has 1 saturated heterocycles. The van der Waals surface area contributed by atoms with Gasteiger partial charge in [0.2, 0.25) is 0 Å². The summed E-state index contributed by atoms with van der Waals surface area (Å²) in [5.74, 6) is 0.196. The number of phenols is 1. The third-order valence-corrected chi connectivity index (χ3v) is 4.82. The van der Waals surface area contributed by atoms with Crippen LogP contribution in [0.15, 0.2) is 48.5 Å². The number of carbonyl (C=O) groups is 2. The van der Waals surface area contributed by atoms with E-state index in [-0.39, 0.29) is 23.5 Å². The second kappa shape index (κ2) is 8.15. The molecule has 26 heavy (non-hydrogen) atoms. The van der Waals surface area contributed by atoms with Crippen LogP contribution in [0.3, 0.4) is 0 Å². The number of nitrogens with zero attached hydrogens (tertiary/aromatic N) is 1. The van der Waals surface area contributed by atoms with E-state index in [9.17, 15) is 14.7 Å². The second-order valence-electron chi connectivity index (χ2n) is 6.82. The molecule has 136 valence electrons. The Balaban J connectivity index is 1.48. The molecule has 0 bridgehead atoms. The lowest BCUT2D eigenvalue weighted by molar-refractivity contribution is 0.0907. The lowest BCUT2D eigenvalue weighted by atomic mass is 10.0. The van der Waals surface area contributed by atoms with E-state index in [1.165, 1.54) is 12.5 Å². The van der Waals surface area contributed by atoms with Crippen molar-refractivity contribution in [2.24, 2.45) is 0 Å². The Morgan fingerprint density at radius 3 is 2.15 bits per heavy atom. The second-order valence-corrected chi connectivity index (χ2v) is 6.82. The van der Waals surface area contributed by atoms with E-state index in [4.69, 9.17) is 0 Å². The van der Waals surface area contributed by atoms with Crippen molar-refractivity contribution in [1.29, 1.82) is 0 Å². The van der Waals surface area contributed by atoms with E-state index >= 15 is 0 Å². The number of Topliss-reactive ketones (excluding diaryl/α,β-unsaturated/α-hetero) is 1. The molecule has 0 radical (unpaired) electrons. The van der Waals surface area contributed by atoms with E-state index in [0.29, 0.717) is 11.1 Å². The number of hydrogen-bond acceptors (Lipinski definition) is 4. The SMILES string of the molecule is CC(=O)c1ccc(C(=O)NC2CCN(Cc3ccc(O)cc3)CC2)cc1. The first-order valence-corrected chi connectivity index (χ1v) is 8.93. The van der Waals surface area contributed by atoms with E-state index in [1.807, 2.05) is 12.1 Å². The van der Waals surface area contributed by atoms with Crippen LogP contribution in [0.2, 0.25) is 0 Å². The van der Waals surface area contributed by atoms with Crippen LogP contribution in [0.25, 0.3) is 0 Å². The maximum Gasteiger partial charge on any atom is 0.251 e. The molecule has 5 nitrogen and oxygen atoms in total. The van der Waals surface area contributed by atoms with E-state index < -0.39 is 0 Å². The molecule has 1 aliphatic rings. The average Bonchev–Trinajstić information content (AvgIpc) is 2.65. The number of nitrogens with one attached hydrogen (secondary N) is 1. The Morgan fingerprint density at radius 1 is 1.00 bits per heavy atom. The van der Waals surface area contributed by atoms with Crippen LogP contribution in [0.1, 0.15) is 46.0 Å². The predicted molar refractivity (Wildman–Crippen MR) is 100 cm³/mol. The van der Waals surface area contributed by atoms with Crippen LogP contribution in [0, 0.1) is 0 Å². The quantitative estimate of drug-likeness (QED) is 0.812. The van der Waals surface area contributed by atoms with Crippen LogP contribution >= 0.6 is 0 Å². The fourth-order valence-electron chi connectivity index (χ4n) is 3.22. The molecule has 2 aromatic carbocycles. The summed E-state index contributed by atoms with van der Waals surface area (Å²) in [4.78, 5) is 26.0. The normalized spacial score (nSPS) is 15.6. The summed E-state index contributed by atoms with van der Waals surface area (Å²) >= 11 is 0. The summed E-state index contributed by atoms with van der Waals surface area (Å²) < 4.78 is 0. The summed E-state index contributed by atoms with van der Waals surface area (Å²) in [5.41, 5.74) is 2.38. The molecule has 1 amide bonds. The zero-order chi connectivity index (χ0) is 18.5. The molecule has 0 atom stereocenters. The van der Waals surface area contributed by atoms with E-state index in [2.05, 4.69) is 10.2 Å². The van der Waals surface area contributed by atoms with Gasteiger partial charge in [0.05, 0.1) is 0 Å². The van der Waals surface area contributed by atoms with Crippen LogP contribution < -0.4 is 5.32 Å². The first kappa shape index (κ1) is 18.1. The van der Waals surface area contributed by atoms with Crippen LogP contribution in [-0.2, 0) is 6.54 Å². The van der Waals surface area contributed by atoms with Crippen molar-refractivity contribution in [2.45, 2.75) is 32.4 Å². The minimum atomic E-state index is -0.0860. The van der Waals surface area contributed by atoms with Gasteiger partial charge < -0.3 is 10.4 Å². The van der Waals surface area contributed by atoms with Gasteiger partial charge in [0.1, 0.15) is 5.75 Å². The highest BCUT2D eigenvalue weighted by atomic mass is 16.3. The predicted octanol–water partition coefficient (Wildman–Crippen LogP) is 2.99. The topological polar surface area (TPSA) is 69.6 Å². The lowest BCUT2D eigenvalue weighted by Crippen LogP contribution is -2.44.